The van der Waals surface area contributed by atoms with Gasteiger partial charge in [-0.3, -0.25) is 14.7 Å². The van der Waals surface area contributed by atoms with Crippen LogP contribution in [0.25, 0.3) is 0 Å². The maximum atomic E-state index is 12.6. The van der Waals surface area contributed by atoms with E-state index in [-0.39, 0.29) is 17.9 Å². The van der Waals surface area contributed by atoms with Crippen molar-refractivity contribution in [2.75, 3.05) is 25.5 Å². The highest BCUT2D eigenvalue weighted by Gasteiger charge is 2.44. The van der Waals surface area contributed by atoms with Gasteiger partial charge in [0.15, 0.2) is 5.71 Å². The molecule has 1 amide bonds. The van der Waals surface area contributed by atoms with Crippen molar-refractivity contribution in [3.05, 3.63) is 54.4 Å². The maximum Gasteiger partial charge on any atom is 0.273 e. The number of carbonyl (C=O) groups is 1. The molecule has 0 unspecified atom stereocenters. The second-order valence-corrected chi connectivity index (χ2v) is 6.47. The molecule has 1 aromatic heterocycles. The summed E-state index contributed by atoms with van der Waals surface area (Å²) < 4.78 is 5.13. The Kier molecular flexibility index (Phi) is 4.53. The Balaban J connectivity index is 1.40. The summed E-state index contributed by atoms with van der Waals surface area (Å²) in [6, 6.07) is 12.0. The Morgan fingerprint density at radius 3 is 2.96 bits per heavy atom. The third-order valence-electron chi connectivity index (χ3n) is 4.67. The molecule has 3 heterocycles. The zero-order valence-electron chi connectivity index (χ0n) is 14.5. The Morgan fingerprint density at radius 1 is 1.31 bits per heavy atom. The highest BCUT2D eigenvalue weighted by Crippen LogP contribution is 2.29. The zero-order chi connectivity index (χ0) is 17.9. The van der Waals surface area contributed by atoms with E-state index in [1.807, 2.05) is 18.2 Å². The van der Waals surface area contributed by atoms with Crippen LogP contribution in [-0.4, -0.2) is 47.8 Å². The van der Waals surface area contributed by atoms with Gasteiger partial charge in [-0.2, -0.15) is 0 Å². The van der Waals surface area contributed by atoms with Crippen molar-refractivity contribution >= 4 is 17.3 Å². The molecule has 26 heavy (non-hydrogen) atoms. The molecule has 134 valence electrons. The molecule has 7 heteroatoms. The fourth-order valence-corrected chi connectivity index (χ4v) is 3.39. The summed E-state index contributed by atoms with van der Waals surface area (Å²) in [5.74, 6) is 0.312. The SMILES string of the molecule is COc1cncc(NC(=O)C2=NO[C@@H]3CN(Cc4ccccc4)C[C@H]23)c1. The van der Waals surface area contributed by atoms with E-state index >= 15 is 0 Å². The third-order valence-corrected chi connectivity index (χ3v) is 4.67. The Bertz CT molecular complexity index is 825. The number of amides is 1. The van der Waals surface area contributed by atoms with E-state index < -0.39 is 0 Å². The number of oxime groups is 1. The molecule has 0 bridgehead atoms. The minimum absolute atomic E-state index is 0.0164. The molecule has 1 aromatic carbocycles. The van der Waals surface area contributed by atoms with E-state index in [9.17, 15) is 4.79 Å². The van der Waals surface area contributed by atoms with Crippen molar-refractivity contribution in [2.24, 2.45) is 11.1 Å². The first-order chi connectivity index (χ1) is 12.7. The van der Waals surface area contributed by atoms with E-state index in [1.165, 1.54) is 5.56 Å². The lowest BCUT2D eigenvalue weighted by atomic mass is 10.0. The number of nitrogens with one attached hydrogen (secondary N) is 1. The highest BCUT2D eigenvalue weighted by atomic mass is 16.6. The number of carbonyl (C=O) groups excluding carboxylic acids is 1. The van der Waals surface area contributed by atoms with Gasteiger partial charge in [-0.05, 0) is 5.56 Å². The van der Waals surface area contributed by atoms with Crippen molar-refractivity contribution in [3.63, 3.8) is 0 Å². The van der Waals surface area contributed by atoms with Gasteiger partial charge in [0, 0.05) is 25.7 Å². The number of aromatic nitrogens is 1. The molecule has 1 N–H and O–H groups in total. The Hall–Kier alpha value is -2.93. The predicted octanol–water partition coefficient (Wildman–Crippen LogP) is 1.92. The number of hydrogen-bond acceptors (Lipinski definition) is 6. The summed E-state index contributed by atoms with van der Waals surface area (Å²) in [6.07, 6.45) is 3.09. The van der Waals surface area contributed by atoms with Crippen LogP contribution in [0.1, 0.15) is 5.56 Å². The smallest absolute Gasteiger partial charge is 0.273 e. The first kappa shape index (κ1) is 16.5. The number of hydrogen-bond donors (Lipinski definition) is 1. The summed E-state index contributed by atoms with van der Waals surface area (Å²) in [7, 11) is 1.56. The van der Waals surface area contributed by atoms with Gasteiger partial charge in [-0.25, -0.2) is 0 Å². The van der Waals surface area contributed by atoms with Crippen LogP contribution in [0, 0.1) is 5.92 Å². The molecule has 0 radical (unpaired) electrons. The van der Waals surface area contributed by atoms with Crippen LogP contribution in [-0.2, 0) is 16.2 Å². The van der Waals surface area contributed by atoms with Gasteiger partial charge in [0.1, 0.15) is 11.9 Å². The van der Waals surface area contributed by atoms with Crippen LogP contribution in [0.4, 0.5) is 5.69 Å². The number of ether oxygens (including phenoxy) is 1. The van der Waals surface area contributed by atoms with E-state index in [2.05, 4.69) is 32.5 Å². The number of anilines is 1. The fourth-order valence-electron chi connectivity index (χ4n) is 3.39. The normalized spacial score (nSPS) is 21.7. The van der Waals surface area contributed by atoms with Gasteiger partial charge in [0.2, 0.25) is 0 Å². The molecule has 2 aromatic rings. The van der Waals surface area contributed by atoms with Crippen LogP contribution in [0.2, 0.25) is 0 Å². The number of fused-ring (bicyclic) bond motifs is 1. The van der Waals surface area contributed by atoms with E-state index in [0.717, 1.165) is 19.6 Å². The first-order valence-electron chi connectivity index (χ1n) is 8.53. The van der Waals surface area contributed by atoms with Gasteiger partial charge < -0.3 is 14.9 Å². The predicted molar refractivity (Wildman–Crippen MR) is 96.9 cm³/mol. The molecule has 2 aliphatic heterocycles. The molecule has 4 rings (SSSR count). The van der Waals surface area contributed by atoms with Crippen LogP contribution in [0.3, 0.4) is 0 Å². The summed E-state index contributed by atoms with van der Waals surface area (Å²) in [6.45, 7) is 2.36. The molecular weight excluding hydrogens is 332 g/mol. The summed E-state index contributed by atoms with van der Waals surface area (Å²) in [4.78, 5) is 24.5. The second-order valence-electron chi connectivity index (χ2n) is 6.47. The van der Waals surface area contributed by atoms with E-state index in [1.54, 1.807) is 25.6 Å². The van der Waals surface area contributed by atoms with Gasteiger partial charge in [0.05, 0.1) is 31.1 Å². The number of likely N-dealkylation sites (tertiary alicyclic amines) is 1. The van der Waals surface area contributed by atoms with Crippen LogP contribution < -0.4 is 10.1 Å². The Labute approximate surface area is 151 Å². The van der Waals surface area contributed by atoms with Crippen molar-refractivity contribution in [2.45, 2.75) is 12.6 Å². The summed E-state index contributed by atoms with van der Waals surface area (Å²) in [5.41, 5.74) is 2.26. The van der Waals surface area contributed by atoms with Gasteiger partial charge in [-0.1, -0.05) is 35.5 Å². The third kappa shape index (κ3) is 3.39. The number of benzene rings is 1. The standard InChI is InChI=1S/C19H20N4O3/c1-25-15-7-14(8-20-9-15)21-19(24)18-16-11-23(12-17(16)26-22-18)10-13-5-3-2-4-6-13/h2-9,16-17H,10-12H2,1H3,(H,21,24)/t16-,17+/m0/s1. The molecule has 2 aliphatic rings. The number of pyridine rings is 1. The van der Waals surface area contributed by atoms with E-state index in [0.29, 0.717) is 17.1 Å². The van der Waals surface area contributed by atoms with Crippen LogP contribution in [0.15, 0.2) is 53.9 Å². The largest absolute Gasteiger partial charge is 0.495 e. The van der Waals surface area contributed by atoms with Crippen molar-refractivity contribution in [1.82, 2.24) is 9.88 Å². The van der Waals surface area contributed by atoms with Crippen molar-refractivity contribution in [3.8, 4) is 5.75 Å². The lowest BCUT2D eigenvalue weighted by Gasteiger charge is -2.16. The topological polar surface area (TPSA) is 76.0 Å². The summed E-state index contributed by atoms with van der Waals surface area (Å²) in [5, 5.41) is 6.85. The molecular formula is C19H20N4O3. The quantitative estimate of drug-likeness (QED) is 0.890. The van der Waals surface area contributed by atoms with Gasteiger partial charge >= 0.3 is 0 Å². The van der Waals surface area contributed by atoms with Gasteiger partial charge in [0.25, 0.3) is 5.91 Å². The fraction of sp³-hybridized carbons (Fsp3) is 0.316. The first-order valence-corrected chi connectivity index (χ1v) is 8.53. The minimum atomic E-state index is -0.255. The van der Waals surface area contributed by atoms with E-state index in [4.69, 9.17) is 9.57 Å². The highest BCUT2D eigenvalue weighted by molar-refractivity contribution is 6.44. The molecule has 0 aliphatic carbocycles. The zero-order valence-corrected chi connectivity index (χ0v) is 14.5. The maximum absolute atomic E-state index is 12.6. The van der Waals surface area contributed by atoms with Crippen molar-refractivity contribution < 1.29 is 14.4 Å². The monoisotopic (exact) mass is 352 g/mol. The number of nitrogens with zero attached hydrogens (tertiary/aromatic N) is 3. The molecule has 1 saturated heterocycles. The average Bonchev–Trinajstić information content (AvgIpc) is 3.22. The molecule has 0 saturated carbocycles. The molecule has 2 atom stereocenters. The van der Waals surface area contributed by atoms with Gasteiger partial charge in [-0.15, -0.1) is 0 Å². The van der Waals surface area contributed by atoms with Crippen LogP contribution >= 0.6 is 0 Å². The second kappa shape index (κ2) is 7.13. The molecule has 0 spiro atoms. The van der Waals surface area contributed by atoms with Crippen molar-refractivity contribution in [1.29, 1.82) is 0 Å². The minimum Gasteiger partial charge on any atom is -0.495 e. The lowest BCUT2D eigenvalue weighted by molar-refractivity contribution is -0.110. The molecule has 7 nitrogen and oxygen atoms in total. The number of methoxy groups -OCH3 is 1. The number of rotatable bonds is 5. The average molecular weight is 352 g/mol. The summed E-state index contributed by atoms with van der Waals surface area (Å²) >= 11 is 0. The molecule has 1 fully saturated rings. The Morgan fingerprint density at radius 2 is 2.15 bits per heavy atom. The lowest BCUT2D eigenvalue weighted by Crippen LogP contribution is -2.32. The van der Waals surface area contributed by atoms with Crippen LogP contribution in [0.5, 0.6) is 5.75 Å².